The van der Waals surface area contributed by atoms with E-state index in [-0.39, 0.29) is 5.56 Å². The molecule has 0 saturated carbocycles. The third-order valence-corrected chi connectivity index (χ3v) is 6.50. The molecule has 1 aliphatic carbocycles. The molecule has 5 rings (SSSR count). The first kappa shape index (κ1) is 20.3. The standard InChI is InChI=1S/C24H21Cl2N3O2/c25-21-3-1-16(11-22(21)26)15-29-6-5-17(12-24(29)30)19-2-4-23-20(19)13-18(14-27-23)28-7-9-31-10-8-28/h1-3,5-6,11-14H,4,7-10,15H2. The fourth-order valence-electron chi connectivity index (χ4n) is 4.10. The minimum absolute atomic E-state index is 0.0600. The van der Waals surface area contributed by atoms with Crippen molar-refractivity contribution in [3.05, 3.63) is 97.7 Å². The molecule has 2 aromatic heterocycles. The number of fused-ring (bicyclic) bond motifs is 1. The Morgan fingerprint density at radius 1 is 1.03 bits per heavy atom. The van der Waals surface area contributed by atoms with Crippen molar-refractivity contribution >= 4 is 34.5 Å². The number of halogens is 2. The van der Waals surface area contributed by atoms with Crippen molar-refractivity contribution in [1.29, 1.82) is 0 Å². The van der Waals surface area contributed by atoms with Crippen LogP contribution in [-0.2, 0) is 17.7 Å². The zero-order valence-electron chi connectivity index (χ0n) is 16.9. The first-order valence-corrected chi connectivity index (χ1v) is 11.0. The number of aromatic nitrogens is 2. The zero-order valence-corrected chi connectivity index (χ0v) is 18.4. The lowest BCUT2D eigenvalue weighted by molar-refractivity contribution is 0.122. The average Bonchev–Trinajstić information content (AvgIpc) is 3.21. The SMILES string of the molecule is O=c1cc(C2=CCc3ncc(N4CCOCC4)cc32)ccn1Cc1ccc(Cl)c(Cl)c1. The fourth-order valence-corrected chi connectivity index (χ4v) is 4.42. The van der Waals surface area contributed by atoms with Crippen LogP contribution >= 0.6 is 23.2 Å². The van der Waals surface area contributed by atoms with Gasteiger partial charge in [-0.2, -0.15) is 0 Å². The Hall–Kier alpha value is -2.60. The normalized spacial score (nSPS) is 15.7. The molecule has 7 heteroatoms. The highest BCUT2D eigenvalue weighted by Crippen LogP contribution is 2.33. The zero-order chi connectivity index (χ0) is 21.4. The second-order valence-electron chi connectivity index (χ2n) is 7.74. The van der Waals surface area contributed by atoms with E-state index in [4.69, 9.17) is 27.9 Å². The van der Waals surface area contributed by atoms with E-state index in [1.165, 1.54) is 0 Å². The summed E-state index contributed by atoms with van der Waals surface area (Å²) in [7, 11) is 0. The highest BCUT2D eigenvalue weighted by molar-refractivity contribution is 6.42. The van der Waals surface area contributed by atoms with E-state index in [1.807, 2.05) is 24.5 Å². The molecule has 1 fully saturated rings. The van der Waals surface area contributed by atoms with Crippen molar-refractivity contribution in [3.63, 3.8) is 0 Å². The largest absolute Gasteiger partial charge is 0.378 e. The molecule has 0 N–H and O–H groups in total. The van der Waals surface area contributed by atoms with Crippen LogP contribution in [0.4, 0.5) is 5.69 Å². The maximum absolute atomic E-state index is 12.8. The van der Waals surface area contributed by atoms with E-state index < -0.39 is 0 Å². The lowest BCUT2D eigenvalue weighted by atomic mass is 10.0. The molecule has 1 aromatic carbocycles. The van der Waals surface area contributed by atoms with E-state index in [9.17, 15) is 4.79 Å². The summed E-state index contributed by atoms with van der Waals surface area (Å²) in [6, 6.07) is 11.3. The number of hydrogen-bond donors (Lipinski definition) is 0. The minimum Gasteiger partial charge on any atom is -0.378 e. The lowest BCUT2D eigenvalue weighted by Gasteiger charge is -2.29. The number of hydrogen-bond acceptors (Lipinski definition) is 4. The Bertz CT molecular complexity index is 1230. The van der Waals surface area contributed by atoms with Gasteiger partial charge in [0, 0.05) is 37.3 Å². The van der Waals surface area contributed by atoms with Crippen molar-refractivity contribution in [2.45, 2.75) is 13.0 Å². The summed E-state index contributed by atoms with van der Waals surface area (Å²) in [6.07, 6.45) is 6.70. The van der Waals surface area contributed by atoms with Crippen molar-refractivity contribution in [2.24, 2.45) is 0 Å². The summed E-state index contributed by atoms with van der Waals surface area (Å²) in [5.41, 5.74) is 6.09. The second-order valence-corrected chi connectivity index (χ2v) is 8.55. The quantitative estimate of drug-likeness (QED) is 0.586. The van der Waals surface area contributed by atoms with Gasteiger partial charge >= 0.3 is 0 Å². The Balaban J connectivity index is 1.41. The van der Waals surface area contributed by atoms with Gasteiger partial charge in [0.1, 0.15) is 0 Å². The summed E-state index contributed by atoms with van der Waals surface area (Å²) in [4.78, 5) is 19.8. The summed E-state index contributed by atoms with van der Waals surface area (Å²) in [5.74, 6) is 0. The molecule has 0 spiro atoms. The molecule has 0 bridgehead atoms. The summed E-state index contributed by atoms with van der Waals surface area (Å²) in [6.45, 7) is 3.64. The Morgan fingerprint density at radius 3 is 2.65 bits per heavy atom. The number of anilines is 1. The first-order chi connectivity index (χ1) is 15.1. The molecular formula is C24H21Cl2N3O2. The third-order valence-electron chi connectivity index (χ3n) is 5.77. The van der Waals surface area contributed by atoms with Gasteiger partial charge in [-0.25, -0.2) is 0 Å². The predicted molar refractivity (Wildman–Crippen MR) is 124 cm³/mol. The second kappa shape index (κ2) is 8.50. The fraction of sp³-hybridized carbons (Fsp3) is 0.250. The van der Waals surface area contributed by atoms with Crippen LogP contribution in [-0.4, -0.2) is 35.9 Å². The van der Waals surface area contributed by atoms with Crippen LogP contribution in [0, 0.1) is 0 Å². The molecule has 2 aliphatic rings. The highest BCUT2D eigenvalue weighted by Gasteiger charge is 2.20. The molecule has 3 heterocycles. The monoisotopic (exact) mass is 453 g/mol. The third kappa shape index (κ3) is 4.13. The molecular weight excluding hydrogens is 433 g/mol. The van der Waals surface area contributed by atoms with Gasteiger partial charge in [0.05, 0.1) is 47.4 Å². The van der Waals surface area contributed by atoms with Gasteiger partial charge in [-0.1, -0.05) is 35.3 Å². The topological polar surface area (TPSA) is 47.4 Å². The number of allylic oxidation sites excluding steroid dienone is 1. The summed E-state index contributed by atoms with van der Waals surface area (Å²) < 4.78 is 7.13. The Morgan fingerprint density at radius 2 is 1.87 bits per heavy atom. The molecule has 1 aliphatic heterocycles. The predicted octanol–water partition coefficient (Wildman–Crippen LogP) is 4.42. The molecule has 0 unspecified atom stereocenters. The number of benzene rings is 1. The molecule has 3 aromatic rings. The maximum Gasteiger partial charge on any atom is 0.251 e. The van der Waals surface area contributed by atoms with Gasteiger partial charge in [0.25, 0.3) is 5.56 Å². The van der Waals surface area contributed by atoms with E-state index in [1.54, 1.807) is 22.8 Å². The van der Waals surface area contributed by atoms with Gasteiger partial charge < -0.3 is 14.2 Å². The molecule has 0 radical (unpaired) electrons. The number of ether oxygens (including phenoxy) is 1. The molecule has 0 atom stereocenters. The van der Waals surface area contributed by atoms with Crippen molar-refractivity contribution < 1.29 is 4.74 Å². The number of pyridine rings is 2. The number of rotatable bonds is 4. The van der Waals surface area contributed by atoms with Crippen LogP contribution in [0.3, 0.4) is 0 Å². The van der Waals surface area contributed by atoms with Crippen LogP contribution in [0.5, 0.6) is 0 Å². The highest BCUT2D eigenvalue weighted by atomic mass is 35.5. The van der Waals surface area contributed by atoms with Crippen LogP contribution in [0.25, 0.3) is 5.57 Å². The first-order valence-electron chi connectivity index (χ1n) is 10.3. The van der Waals surface area contributed by atoms with Crippen LogP contribution < -0.4 is 10.5 Å². The van der Waals surface area contributed by atoms with E-state index in [2.05, 4.69) is 22.0 Å². The van der Waals surface area contributed by atoms with Crippen molar-refractivity contribution in [3.8, 4) is 0 Å². The average molecular weight is 454 g/mol. The summed E-state index contributed by atoms with van der Waals surface area (Å²) >= 11 is 12.1. The van der Waals surface area contributed by atoms with Gasteiger partial charge in [0.2, 0.25) is 0 Å². The van der Waals surface area contributed by atoms with E-state index in [0.29, 0.717) is 16.6 Å². The van der Waals surface area contributed by atoms with Gasteiger partial charge in [-0.05, 0) is 41.0 Å². The Kier molecular flexibility index (Phi) is 5.57. The Labute approximate surface area is 190 Å². The van der Waals surface area contributed by atoms with Crippen LogP contribution in [0.2, 0.25) is 10.0 Å². The van der Waals surface area contributed by atoms with E-state index >= 15 is 0 Å². The lowest BCUT2D eigenvalue weighted by Crippen LogP contribution is -2.36. The molecule has 0 amide bonds. The van der Waals surface area contributed by atoms with Crippen LogP contribution in [0.1, 0.15) is 22.4 Å². The molecule has 5 nitrogen and oxygen atoms in total. The van der Waals surface area contributed by atoms with Gasteiger partial charge in [-0.3, -0.25) is 9.78 Å². The van der Waals surface area contributed by atoms with Crippen molar-refractivity contribution in [1.82, 2.24) is 9.55 Å². The number of morpholine rings is 1. The van der Waals surface area contributed by atoms with E-state index in [0.717, 1.165) is 66.4 Å². The maximum atomic E-state index is 12.8. The smallest absolute Gasteiger partial charge is 0.251 e. The van der Waals surface area contributed by atoms with Crippen molar-refractivity contribution in [2.75, 3.05) is 31.2 Å². The summed E-state index contributed by atoms with van der Waals surface area (Å²) in [5, 5.41) is 0.991. The molecule has 31 heavy (non-hydrogen) atoms. The molecule has 158 valence electrons. The van der Waals surface area contributed by atoms with Crippen LogP contribution in [0.15, 0.2) is 59.7 Å². The minimum atomic E-state index is -0.0600. The number of nitrogens with zero attached hydrogens (tertiary/aromatic N) is 3. The van der Waals surface area contributed by atoms with Gasteiger partial charge in [-0.15, -0.1) is 0 Å². The van der Waals surface area contributed by atoms with Gasteiger partial charge in [0.15, 0.2) is 0 Å². The molecule has 1 saturated heterocycles.